The number of ether oxygens (including phenoxy) is 3. The van der Waals surface area contributed by atoms with Crippen molar-refractivity contribution in [2.45, 2.75) is 37.6 Å². The van der Waals surface area contributed by atoms with Crippen LogP contribution < -0.4 is 5.32 Å². The van der Waals surface area contributed by atoms with Crippen molar-refractivity contribution < 1.29 is 23.8 Å². The Bertz CT molecular complexity index is 395. The van der Waals surface area contributed by atoms with Crippen LogP contribution in [0.2, 0.25) is 0 Å². The summed E-state index contributed by atoms with van der Waals surface area (Å²) in [6.45, 7) is 0.712. The highest BCUT2D eigenvalue weighted by Gasteiger charge is 2.55. The van der Waals surface area contributed by atoms with Gasteiger partial charge in [0.2, 0.25) is 5.91 Å². The molecule has 1 saturated carbocycles. The van der Waals surface area contributed by atoms with E-state index in [1.165, 1.54) is 7.11 Å². The van der Waals surface area contributed by atoms with Crippen LogP contribution in [0, 0.1) is 11.3 Å². The molecule has 0 unspecified atom stereocenters. The van der Waals surface area contributed by atoms with Gasteiger partial charge in [-0.3, -0.25) is 9.59 Å². The van der Waals surface area contributed by atoms with Crippen molar-refractivity contribution in [3.63, 3.8) is 0 Å². The Balaban J connectivity index is 2.06. The summed E-state index contributed by atoms with van der Waals surface area (Å²) in [5.74, 6) is -0.186. The minimum Gasteiger partial charge on any atom is -0.469 e. The largest absolute Gasteiger partial charge is 0.469 e. The van der Waals surface area contributed by atoms with Crippen LogP contribution in [0.1, 0.15) is 32.1 Å². The fourth-order valence-electron chi connectivity index (χ4n) is 3.85. The fraction of sp³-hybridized carbons (Fsp3) is 0.867. The molecule has 1 amide bonds. The van der Waals surface area contributed by atoms with Gasteiger partial charge in [0.15, 0.2) is 0 Å². The molecular weight excluding hydrogens is 274 g/mol. The molecule has 120 valence electrons. The van der Waals surface area contributed by atoms with Crippen LogP contribution >= 0.6 is 0 Å². The number of hydrogen-bond donors (Lipinski definition) is 1. The SMILES string of the molecule is COCC1(COC)C[C@]2(CC[C@@H](C(=O)OC)CC2)NC1=O. The molecule has 0 atom stereocenters. The average molecular weight is 299 g/mol. The molecule has 0 aromatic rings. The zero-order valence-electron chi connectivity index (χ0n) is 13.1. The van der Waals surface area contributed by atoms with Gasteiger partial charge >= 0.3 is 5.97 Å². The van der Waals surface area contributed by atoms with Gasteiger partial charge in [0, 0.05) is 19.8 Å². The third-order valence-corrected chi connectivity index (χ3v) is 4.86. The Morgan fingerprint density at radius 3 is 2.24 bits per heavy atom. The number of carbonyl (C=O) groups is 2. The first-order valence-electron chi connectivity index (χ1n) is 7.39. The van der Waals surface area contributed by atoms with Crippen LogP contribution in [0.15, 0.2) is 0 Å². The summed E-state index contributed by atoms with van der Waals surface area (Å²) in [6, 6.07) is 0. The Kier molecular flexibility index (Phi) is 4.88. The highest BCUT2D eigenvalue weighted by atomic mass is 16.5. The van der Waals surface area contributed by atoms with E-state index in [-0.39, 0.29) is 23.3 Å². The molecule has 6 nitrogen and oxygen atoms in total. The molecule has 0 bridgehead atoms. The van der Waals surface area contributed by atoms with Crippen LogP contribution in [0.4, 0.5) is 0 Å². The van der Waals surface area contributed by atoms with Gasteiger partial charge in [0.05, 0.1) is 31.7 Å². The van der Waals surface area contributed by atoms with Gasteiger partial charge in [0.1, 0.15) is 0 Å². The first-order valence-corrected chi connectivity index (χ1v) is 7.39. The normalized spacial score (nSPS) is 31.2. The molecule has 0 aromatic carbocycles. The maximum Gasteiger partial charge on any atom is 0.308 e. The van der Waals surface area contributed by atoms with E-state index in [1.807, 2.05) is 0 Å². The second-order valence-electron chi connectivity index (χ2n) is 6.36. The summed E-state index contributed by atoms with van der Waals surface area (Å²) in [6.07, 6.45) is 3.81. The van der Waals surface area contributed by atoms with Crippen LogP contribution in [0.3, 0.4) is 0 Å². The van der Waals surface area contributed by atoms with E-state index in [1.54, 1.807) is 14.2 Å². The lowest BCUT2D eigenvalue weighted by atomic mass is 9.71. The number of nitrogens with one attached hydrogen (secondary N) is 1. The van der Waals surface area contributed by atoms with Crippen LogP contribution in [0.25, 0.3) is 0 Å². The second kappa shape index (κ2) is 6.32. The van der Waals surface area contributed by atoms with E-state index in [0.717, 1.165) is 25.7 Å². The van der Waals surface area contributed by atoms with Crippen LogP contribution in [0.5, 0.6) is 0 Å². The van der Waals surface area contributed by atoms with Gasteiger partial charge in [-0.25, -0.2) is 0 Å². The molecule has 2 fully saturated rings. The van der Waals surface area contributed by atoms with E-state index in [4.69, 9.17) is 14.2 Å². The predicted molar refractivity (Wildman–Crippen MR) is 75.6 cm³/mol. The first kappa shape index (κ1) is 16.2. The van der Waals surface area contributed by atoms with Crippen molar-refractivity contribution in [3.05, 3.63) is 0 Å². The van der Waals surface area contributed by atoms with Crippen molar-refractivity contribution in [3.8, 4) is 0 Å². The maximum absolute atomic E-state index is 12.5. The summed E-state index contributed by atoms with van der Waals surface area (Å²) >= 11 is 0. The Labute approximate surface area is 125 Å². The van der Waals surface area contributed by atoms with E-state index in [9.17, 15) is 9.59 Å². The predicted octanol–water partition coefficient (Wildman–Crippen LogP) is 0.887. The molecule has 1 heterocycles. The van der Waals surface area contributed by atoms with Crippen molar-refractivity contribution in [1.82, 2.24) is 5.32 Å². The molecule has 1 aliphatic carbocycles. The Morgan fingerprint density at radius 1 is 1.19 bits per heavy atom. The first-order chi connectivity index (χ1) is 10.0. The summed E-state index contributed by atoms with van der Waals surface area (Å²) in [5, 5.41) is 3.16. The molecule has 0 aromatic heterocycles. The molecule has 1 spiro atoms. The summed E-state index contributed by atoms with van der Waals surface area (Å²) in [7, 11) is 4.62. The van der Waals surface area contributed by atoms with E-state index >= 15 is 0 Å². The van der Waals surface area contributed by atoms with E-state index in [0.29, 0.717) is 19.6 Å². The fourth-order valence-corrected chi connectivity index (χ4v) is 3.85. The standard InChI is InChI=1S/C15H25NO5/c1-19-9-14(10-20-2)8-15(16-13(14)18)6-4-11(5-7-15)12(17)21-3/h11H,4-10H2,1-3H3,(H,16,18)/t11-,15-. The second-order valence-corrected chi connectivity index (χ2v) is 6.36. The number of carbonyl (C=O) groups excluding carboxylic acids is 2. The van der Waals surface area contributed by atoms with Gasteiger partial charge in [-0.2, -0.15) is 0 Å². The van der Waals surface area contributed by atoms with Crippen molar-refractivity contribution in [2.24, 2.45) is 11.3 Å². The lowest BCUT2D eigenvalue weighted by Gasteiger charge is -2.37. The van der Waals surface area contributed by atoms with Gasteiger partial charge in [-0.1, -0.05) is 0 Å². The minimum absolute atomic E-state index is 0.00252. The molecule has 6 heteroatoms. The molecule has 2 rings (SSSR count). The summed E-state index contributed by atoms with van der Waals surface area (Å²) < 4.78 is 15.3. The van der Waals surface area contributed by atoms with E-state index in [2.05, 4.69) is 5.32 Å². The van der Waals surface area contributed by atoms with Crippen LogP contribution in [-0.4, -0.2) is 52.0 Å². The van der Waals surface area contributed by atoms with Gasteiger partial charge in [-0.05, 0) is 32.1 Å². The van der Waals surface area contributed by atoms with Gasteiger partial charge in [-0.15, -0.1) is 0 Å². The number of esters is 1. The molecule has 21 heavy (non-hydrogen) atoms. The van der Waals surface area contributed by atoms with Crippen molar-refractivity contribution in [2.75, 3.05) is 34.5 Å². The lowest BCUT2D eigenvalue weighted by molar-refractivity contribution is -0.147. The highest BCUT2D eigenvalue weighted by molar-refractivity contribution is 5.86. The molecule has 1 aliphatic heterocycles. The van der Waals surface area contributed by atoms with Gasteiger partial charge < -0.3 is 19.5 Å². The lowest BCUT2D eigenvalue weighted by Crippen LogP contribution is -2.45. The number of methoxy groups -OCH3 is 3. The third kappa shape index (κ3) is 3.06. The topological polar surface area (TPSA) is 73.9 Å². The Hall–Kier alpha value is -1.14. The maximum atomic E-state index is 12.5. The van der Waals surface area contributed by atoms with Gasteiger partial charge in [0.25, 0.3) is 0 Å². The monoisotopic (exact) mass is 299 g/mol. The molecular formula is C15H25NO5. The summed E-state index contributed by atoms with van der Waals surface area (Å²) in [4.78, 5) is 24.1. The van der Waals surface area contributed by atoms with E-state index < -0.39 is 5.41 Å². The number of hydrogen-bond acceptors (Lipinski definition) is 5. The molecule has 1 saturated heterocycles. The molecule has 2 aliphatic rings. The quantitative estimate of drug-likeness (QED) is 0.763. The molecule has 0 radical (unpaired) electrons. The van der Waals surface area contributed by atoms with Crippen LogP contribution in [-0.2, 0) is 23.8 Å². The smallest absolute Gasteiger partial charge is 0.308 e. The average Bonchev–Trinajstić information content (AvgIpc) is 2.72. The molecule has 1 N–H and O–H groups in total. The Morgan fingerprint density at radius 2 is 1.76 bits per heavy atom. The number of amides is 1. The minimum atomic E-state index is -0.610. The third-order valence-electron chi connectivity index (χ3n) is 4.86. The zero-order chi connectivity index (χ0) is 15.5. The van der Waals surface area contributed by atoms with Crippen molar-refractivity contribution >= 4 is 11.9 Å². The summed E-state index contributed by atoms with van der Waals surface area (Å²) in [5.41, 5.74) is -0.833. The van der Waals surface area contributed by atoms with Crippen molar-refractivity contribution in [1.29, 1.82) is 0 Å². The highest BCUT2D eigenvalue weighted by Crippen LogP contribution is 2.45. The number of rotatable bonds is 5. The zero-order valence-corrected chi connectivity index (χ0v) is 13.1.